The molecule has 6 heteroatoms. The van der Waals surface area contributed by atoms with Crippen LogP contribution in [0.2, 0.25) is 0 Å². The summed E-state index contributed by atoms with van der Waals surface area (Å²) in [5.41, 5.74) is 0.561. The van der Waals surface area contributed by atoms with Crippen molar-refractivity contribution in [1.82, 2.24) is 4.72 Å². The number of benzene rings is 1. The maximum Gasteiger partial charge on any atom is 0.211 e. The van der Waals surface area contributed by atoms with Crippen LogP contribution in [-0.4, -0.2) is 27.3 Å². The first kappa shape index (κ1) is 14.5. The standard InChI is InChI=1S/C12H16N2O3S/c1-2-9-18(15,16)14-7-8-17-12-5-3-11(10-13)4-6-12/h3-6,14H,2,7-9H2,1H3. The second-order valence-corrected chi connectivity index (χ2v) is 5.62. The minimum absolute atomic E-state index is 0.129. The van der Waals surface area contributed by atoms with Gasteiger partial charge < -0.3 is 4.74 Å². The monoisotopic (exact) mass is 268 g/mol. The van der Waals surface area contributed by atoms with Crippen molar-refractivity contribution in [2.75, 3.05) is 18.9 Å². The van der Waals surface area contributed by atoms with Gasteiger partial charge in [-0.05, 0) is 30.7 Å². The Hall–Kier alpha value is -1.58. The minimum Gasteiger partial charge on any atom is -0.492 e. The van der Waals surface area contributed by atoms with Gasteiger partial charge in [-0.2, -0.15) is 5.26 Å². The molecule has 1 aromatic carbocycles. The summed E-state index contributed by atoms with van der Waals surface area (Å²) < 4.78 is 30.4. The summed E-state index contributed by atoms with van der Waals surface area (Å²) in [6.45, 7) is 2.31. The fourth-order valence-electron chi connectivity index (χ4n) is 1.33. The summed E-state index contributed by atoms with van der Waals surface area (Å²) in [6, 6.07) is 8.67. The summed E-state index contributed by atoms with van der Waals surface area (Å²) in [6.07, 6.45) is 0.589. The fraction of sp³-hybridized carbons (Fsp3) is 0.417. The lowest BCUT2D eigenvalue weighted by Gasteiger charge is -2.07. The van der Waals surface area contributed by atoms with Crippen LogP contribution < -0.4 is 9.46 Å². The van der Waals surface area contributed by atoms with Crippen molar-refractivity contribution in [2.24, 2.45) is 0 Å². The topological polar surface area (TPSA) is 79.2 Å². The highest BCUT2D eigenvalue weighted by atomic mass is 32.2. The smallest absolute Gasteiger partial charge is 0.211 e. The van der Waals surface area contributed by atoms with E-state index < -0.39 is 10.0 Å². The molecule has 1 aromatic rings. The van der Waals surface area contributed by atoms with Gasteiger partial charge in [0.15, 0.2) is 0 Å². The summed E-state index contributed by atoms with van der Waals surface area (Å²) in [7, 11) is -3.17. The van der Waals surface area contributed by atoms with Crippen LogP contribution in [0.15, 0.2) is 24.3 Å². The lowest BCUT2D eigenvalue weighted by atomic mass is 10.2. The van der Waals surface area contributed by atoms with E-state index in [9.17, 15) is 8.42 Å². The summed E-state index contributed by atoms with van der Waals surface area (Å²) >= 11 is 0. The second kappa shape index (κ2) is 6.99. The zero-order chi connectivity index (χ0) is 13.4. The lowest BCUT2D eigenvalue weighted by Crippen LogP contribution is -2.30. The van der Waals surface area contributed by atoms with Gasteiger partial charge in [0.05, 0.1) is 17.4 Å². The second-order valence-electron chi connectivity index (χ2n) is 3.70. The van der Waals surface area contributed by atoms with Crippen molar-refractivity contribution < 1.29 is 13.2 Å². The van der Waals surface area contributed by atoms with E-state index in [1.165, 1.54) is 0 Å². The molecule has 0 aromatic heterocycles. The minimum atomic E-state index is -3.17. The van der Waals surface area contributed by atoms with E-state index in [1.54, 1.807) is 24.3 Å². The number of rotatable bonds is 7. The van der Waals surface area contributed by atoms with Crippen LogP contribution in [0.4, 0.5) is 0 Å². The molecule has 0 saturated carbocycles. The Morgan fingerprint density at radius 3 is 2.56 bits per heavy atom. The van der Waals surface area contributed by atoms with E-state index in [2.05, 4.69) is 4.72 Å². The number of hydrogen-bond acceptors (Lipinski definition) is 4. The van der Waals surface area contributed by atoms with Gasteiger partial charge in [-0.3, -0.25) is 0 Å². The number of sulfonamides is 1. The largest absolute Gasteiger partial charge is 0.492 e. The molecule has 0 aliphatic carbocycles. The number of nitrogens with zero attached hydrogens (tertiary/aromatic N) is 1. The van der Waals surface area contributed by atoms with Crippen LogP contribution in [0.3, 0.4) is 0 Å². The van der Waals surface area contributed by atoms with Crippen molar-refractivity contribution in [3.8, 4) is 11.8 Å². The first-order chi connectivity index (χ1) is 8.57. The van der Waals surface area contributed by atoms with Crippen LogP contribution in [0.1, 0.15) is 18.9 Å². The van der Waals surface area contributed by atoms with Gasteiger partial charge in [0.1, 0.15) is 12.4 Å². The third-order valence-electron chi connectivity index (χ3n) is 2.15. The lowest BCUT2D eigenvalue weighted by molar-refractivity contribution is 0.323. The molecule has 0 saturated heterocycles. The van der Waals surface area contributed by atoms with Gasteiger partial charge in [0, 0.05) is 6.54 Å². The molecule has 0 aliphatic heterocycles. The molecule has 98 valence electrons. The Labute approximate surface area is 107 Å². The zero-order valence-electron chi connectivity index (χ0n) is 10.2. The molecular formula is C12H16N2O3S. The highest BCUT2D eigenvalue weighted by Crippen LogP contribution is 2.10. The maximum atomic E-state index is 11.3. The Kier molecular flexibility index (Phi) is 5.62. The molecule has 0 aliphatic rings. The molecule has 0 amide bonds. The van der Waals surface area contributed by atoms with E-state index >= 15 is 0 Å². The number of hydrogen-bond donors (Lipinski definition) is 1. The Bertz CT molecular complexity index is 503. The molecular weight excluding hydrogens is 252 g/mol. The maximum absolute atomic E-state index is 11.3. The normalized spacial score (nSPS) is 10.9. The Balaban J connectivity index is 2.32. The Morgan fingerprint density at radius 2 is 2.00 bits per heavy atom. The first-order valence-corrected chi connectivity index (χ1v) is 7.33. The zero-order valence-corrected chi connectivity index (χ0v) is 11.0. The summed E-state index contributed by atoms with van der Waals surface area (Å²) in [5.74, 6) is 0.743. The van der Waals surface area contributed by atoms with E-state index in [0.717, 1.165) is 0 Å². The molecule has 0 heterocycles. The van der Waals surface area contributed by atoms with Crippen LogP contribution in [0.25, 0.3) is 0 Å². The number of ether oxygens (including phenoxy) is 1. The predicted molar refractivity (Wildman–Crippen MR) is 68.7 cm³/mol. The quantitative estimate of drug-likeness (QED) is 0.755. The predicted octanol–water partition coefficient (Wildman–Crippen LogP) is 1.27. The van der Waals surface area contributed by atoms with Crippen LogP contribution in [-0.2, 0) is 10.0 Å². The average Bonchev–Trinajstić information content (AvgIpc) is 2.35. The summed E-state index contributed by atoms with van der Waals surface area (Å²) in [5, 5.41) is 8.62. The molecule has 0 unspecified atom stereocenters. The van der Waals surface area contributed by atoms with Gasteiger partial charge in [0.2, 0.25) is 10.0 Å². The Morgan fingerprint density at radius 1 is 1.33 bits per heavy atom. The van der Waals surface area contributed by atoms with Crippen molar-refractivity contribution in [3.05, 3.63) is 29.8 Å². The molecule has 0 bridgehead atoms. The van der Waals surface area contributed by atoms with Crippen molar-refractivity contribution in [1.29, 1.82) is 5.26 Å². The first-order valence-electron chi connectivity index (χ1n) is 5.67. The van der Waals surface area contributed by atoms with Crippen LogP contribution >= 0.6 is 0 Å². The van der Waals surface area contributed by atoms with E-state index in [0.29, 0.717) is 17.7 Å². The molecule has 1 N–H and O–H groups in total. The summed E-state index contributed by atoms with van der Waals surface area (Å²) in [4.78, 5) is 0. The SMILES string of the molecule is CCCS(=O)(=O)NCCOc1ccc(C#N)cc1. The molecule has 0 atom stereocenters. The average molecular weight is 268 g/mol. The molecule has 1 rings (SSSR count). The van der Waals surface area contributed by atoms with Crippen molar-refractivity contribution in [3.63, 3.8) is 0 Å². The van der Waals surface area contributed by atoms with Crippen LogP contribution in [0.5, 0.6) is 5.75 Å². The molecule has 0 fully saturated rings. The molecule has 5 nitrogen and oxygen atoms in total. The van der Waals surface area contributed by atoms with Gasteiger partial charge in [-0.15, -0.1) is 0 Å². The van der Waals surface area contributed by atoms with Gasteiger partial charge in [-0.25, -0.2) is 13.1 Å². The van der Waals surface area contributed by atoms with E-state index in [1.807, 2.05) is 13.0 Å². The van der Waals surface area contributed by atoms with Gasteiger partial charge >= 0.3 is 0 Å². The highest BCUT2D eigenvalue weighted by molar-refractivity contribution is 7.89. The van der Waals surface area contributed by atoms with Crippen molar-refractivity contribution in [2.45, 2.75) is 13.3 Å². The molecule has 0 radical (unpaired) electrons. The van der Waals surface area contributed by atoms with E-state index in [4.69, 9.17) is 10.00 Å². The number of nitriles is 1. The third-order valence-corrected chi connectivity index (χ3v) is 3.74. The van der Waals surface area contributed by atoms with Crippen molar-refractivity contribution >= 4 is 10.0 Å². The van der Waals surface area contributed by atoms with Crippen LogP contribution in [0, 0.1) is 11.3 Å². The van der Waals surface area contributed by atoms with E-state index in [-0.39, 0.29) is 18.9 Å². The molecule has 0 spiro atoms. The number of nitrogens with one attached hydrogen (secondary N) is 1. The highest BCUT2D eigenvalue weighted by Gasteiger charge is 2.06. The van der Waals surface area contributed by atoms with Gasteiger partial charge in [-0.1, -0.05) is 6.92 Å². The van der Waals surface area contributed by atoms with Gasteiger partial charge in [0.25, 0.3) is 0 Å². The third kappa shape index (κ3) is 5.17. The molecule has 18 heavy (non-hydrogen) atoms. The fourth-order valence-corrected chi connectivity index (χ4v) is 2.41.